The van der Waals surface area contributed by atoms with Gasteiger partial charge in [0.05, 0.1) is 6.04 Å². The Morgan fingerprint density at radius 3 is 2.09 bits per heavy atom. The Kier molecular flexibility index (Phi) is 8.32. The summed E-state index contributed by atoms with van der Waals surface area (Å²) in [6.07, 6.45) is -5.08. The number of carbonyl (C=O) groups is 3. The molecule has 7 nitrogen and oxygen atoms in total. The highest BCUT2D eigenvalue weighted by molar-refractivity contribution is 5.99. The minimum absolute atomic E-state index is 0.117. The molecule has 1 heterocycles. The second kappa shape index (κ2) is 10.6. The van der Waals surface area contributed by atoms with Crippen molar-refractivity contribution in [2.75, 3.05) is 5.32 Å². The number of nitrogens with one attached hydrogen (secondary N) is 1. The van der Waals surface area contributed by atoms with Crippen LogP contribution in [-0.2, 0) is 20.9 Å². The first kappa shape index (κ1) is 26.7. The third kappa shape index (κ3) is 6.07. The van der Waals surface area contributed by atoms with Gasteiger partial charge in [0.15, 0.2) is 0 Å². The normalized spacial score (nSPS) is 15.8. The van der Waals surface area contributed by atoms with Crippen LogP contribution in [0.1, 0.15) is 31.0 Å². The first-order valence-electron chi connectivity index (χ1n) is 9.94. The van der Waals surface area contributed by atoms with Gasteiger partial charge in [-0.1, -0.05) is 44.2 Å². The molecule has 3 rings (SSSR count). The van der Waals surface area contributed by atoms with E-state index in [-0.39, 0.29) is 18.4 Å². The van der Waals surface area contributed by atoms with Crippen molar-refractivity contribution in [1.82, 2.24) is 4.90 Å². The maximum Gasteiger partial charge on any atom is 0.490 e. The van der Waals surface area contributed by atoms with Crippen LogP contribution in [0.2, 0.25) is 0 Å². The first-order valence-corrected chi connectivity index (χ1v) is 9.94. The second-order valence-electron chi connectivity index (χ2n) is 7.73. The zero-order chi connectivity index (χ0) is 25.8. The predicted octanol–water partition coefficient (Wildman–Crippen LogP) is 3.60. The molecule has 4 N–H and O–H groups in total. The Morgan fingerprint density at radius 1 is 1.06 bits per heavy atom. The summed E-state index contributed by atoms with van der Waals surface area (Å²) >= 11 is 0. The lowest BCUT2D eigenvalue weighted by atomic mass is 10.0. The average Bonchev–Trinajstić information content (AvgIpc) is 3.14. The molecular weight excluding hydrogens is 465 g/mol. The van der Waals surface area contributed by atoms with Crippen LogP contribution in [0.4, 0.5) is 27.6 Å². The van der Waals surface area contributed by atoms with Crippen molar-refractivity contribution in [3.05, 3.63) is 65.2 Å². The molecule has 2 atom stereocenters. The Labute approximate surface area is 191 Å². The van der Waals surface area contributed by atoms with Crippen molar-refractivity contribution in [3.63, 3.8) is 0 Å². The van der Waals surface area contributed by atoms with E-state index >= 15 is 0 Å². The lowest BCUT2D eigenvalue weighted by Crippen LogP contribution is -2.47. The summed E-state index contributed by atoms with van der Waals surface area (Å²) in [5, 5.41) is 9.42. The van der Waals surface area contributed by atoms with Crippen LogP contribution in [0.25, 0.3) is 0 Å². The minimum Gasteiger partial charge on any atom is -0.475 e. The summed E-state index contributed by atoms with van der Waals surface area (Å²) < 4.78 is 59.6. The fraction of sp³-hybridized carbons (Fsp3) is 0.318. The van der Waals surface area contributed by atoms with Gasteiger partial charge in [-0.15, -0.1) is 0 Å². The zero-order valence-electron chi connectivity index (χ0n) is 18.1. The Balaban J connectivity index is 0.000000509. The molecule has 2 amide bonds. The van der Waals surface area contributed by atoms with Crippen molar-refractivity contribution in [2.24, 2.45) is 11.7 Å². The van der Waals surface area contributed by atoms with Gasteiger partial charge in [0.1, 0.15) is 23.4 Å². The van der Waals surface area contributed by atoms with E-state index in [4.69, 9.17) is 15.6 Å². The summed E-state index contributed by atoms with van der Waals surface area (Å²) in [6, 6.07) is 8.64. The number of carbonyl (C=O) groups excluding carboxylic acids is 2. The highest BCUT2D eigenvalue weighted by atomic mass is 19.4. The summed E-state index contributed by atoms with van der Waals surface area (Å²) in [4.78, 5) is 36.0. The molecule has 0 aromatic heterocycles. The minimum atomic E-state index is -5.08. The molecule has 0 aliphatic carbocycles. The van der Waals surface area contributed by atoms with Crippen LogP contribution in [0.5, 0.6) is 0 Å². The molecule has 34 heavy (non-hydrogen) atoms. The average molecular weight is 487 g/mol. The Bertz CT molecular complexity index is 1050. The van der Waals surface area contributed by atoms with E-state index in [0.717, 1.165) is 17.7 Å². The van der Waals surface area contributed by atoms with Crippen molar-refractivity contribution in [1.29, 1.82) is 0 Å². The van der Waals surface area contributed by atoms with E-state index in [1.165, 1.54) is 11.0 Å². The van der Waals surface area contributed by atoms with E-state index in [0.29, 0.717) is 5.56 Å². The Hall–Kier alpha value is -3.54. The molecular formula is C22H22F5N3O4. The molecule has 2 aromatic carbocycles. The van der Waals surface area contributed by atoms with Gasteiger partial charge in [-0.2, -0.15) is 13.2 Å². The highest BCUT2D eigenvalue weighted by Crippen LogP contribution is 2.35. The molecule has 0 unspecified atom stereocenters. The smallest absolute Gasteiger partial charge is 0.475 e. The molecule has 0 saturated heterocycles. The van der Waals surface area contributed by atoms with Crippen LogP contribution in [0.15, 0.2) is 42.5 Å². The molecule has 0 radical (unpaired) electrons. The van der Waals surface area contributed by atoms with Crippen molar-refractivity contribution >= 4 is 23.5 Å². The van der Waals surface area contributed by atoms with Crippen LogP contribution in [-0.4, -0.2) is 40.0 Å². The van der Waals surface area contributed by atoms with Gasteiger partial charge in [0.2, 0.25) is 5.91 Å². The monoisotopic (exact) mass is 487 g/mol. The molecule has 2 aromatic rings. The standard InChI is InChI=1S/C20H21F2N3O2.C2HF3O2/c1-11(2)16(23)20(27)25-10-12-6-3-4-7-13(12)18(25)19(26)24-17-14(21)8-5-9-15(17)22;3-2(4,5)1(6)7/h3-9,11,16,18H,10,23H2,1-2H3,(H,24,26);(H,6,7)/t16-,18-;/m0./s1. The number of aliphatic carboxylic acids is 1. The van der Waals surface area contributed by atoms with E-state index in [2.05, 4.69) is 5.32 Å². The molecule has 1 aliphatic heterocycles. The number of anilines is 1. The SMILES string of the molecule is CC(C)[C@H](N)C(=O)N1Cc2ccccc2[C@H]1C(=O)Nc1c(F)cccc1F.O=C(O)C(F)(F)F. The van der Waals surface area contributed by atoms with Crippen LogP contribution in [0.3, 0.4) is 0 Å². The number of fused-ring (bicyclic) bond motifs is 1. The first-order chi connectivity index (χ1) is 15.8. The van der Waals surface area contributed by atoms with E-state index < -0.39 is 47.5 Å². The number of carboxylic acids is 1. The number of rotatable bonds is 4. The summed E-state index contributed by atoms with van der Waals surface area (Å²) in [5.74, 6) is -5.71. The van der Waals surface area contributed by atoms with Crippen LogP contribution >= 0.6 is 0 Å². The van der Waals surface area contributed by atoms with Gasteiger partial charge >= 0.3 is 12.1 Å². The third-order valence-electron chi connectivity index (χ3n) is 4.99. The third-order valence-corrected chi connectivity index (χ3v) is 4.99. The number of benzene rings is 2. The zero-order valence-corrected chi connectivity index (χ0v) is 18.1. The predicted molar refractivity (Wildman–Crippen MR) is 111 cm³/mol. The van der Waals surface area contributed by atoms with Gasteiger partial charge in [-0.25, -0.2) is 13.6 Å². The molecule has 12 heteroatoms. The number of nitrogens with two attached hydrogens (primary N) is 1. The molecule has 0 fully saturated rings. The maximum atomic E-state index is 13.9. The maximum absolute atomic E-state index is 13.9. The lowest BCUT2D eigenvalue weighted by Gasteiger charge is -2.28. The molecule has 0 spiro atoms. The number of para-hydroxylation sites is 1. The van der Waals surface area contributed by atoms with Crippen LogP contribution in [0, 0.1) is 17.6 Å². The molecule has 0 bridgehead atoms. The van der Waals surface area contributed by atoms with E-state index in [9.17, 15) is 31.5 Å². The summed E-state index contributed by atoms with van der Waals surface area (Å²) in [5.41, 5.74) is 6.88. The quantitative estimate of drug-likeness (QED) is 0.571. The lowest BCUT2D eigenvalue weighted by molar-refractivity contribution is -0.192. The number of hydrogen-bond donors (Lipinski definition) is 3. The van der Waals surface area contributed by atoms with Gasteiger partial charge < -0.3 is 21.1 Å². The second-order valence-corrected chi connectivity index (χ2v) is 7.73. The van der Waals surface area contributed by atoms with Gasteiger partial charge in [0, 0.05) is 6.54 Å². The van der Waals surface area contributed by atoms with Crippen molar-refractivity contribution in [2.45, 2.75) is 38.7 Å². The number of halogens is 5. The molecule has 0 saturated carbocycles. The summed E-state index contributed by atoms with van der Waals surface area (Å²) in [6.45, 7) is 3.85. The largest absolute Gasteiger partial charge is 0.490 e. The molecule has 184 valence electrons. The fourth-order valence-electron chi connectivity index (χ4n) is 3.16. The topological polar surface area (TPSA) is 113 Å². The number of carboxylic acid groups (broad SMARTS) is 1. The number of hydrogen-bond acceptors (Lipinski definition) is 4. The Morgan fingerprint density at radius 2 is 1.59 bits per heavy atom. The van der Waals surface area contributed by atoms with Gasteiger partial charge in [-0.3, -0.25) is 9.59 Å². The van der Waals surface area contributed by atoms with E-state index in [1.807, 2.05) is 19.9 Å². The number of alkyl halides is 3. The fourth-order valence-corrected chi connectivity index (χ4v) is 3.16. The highest BCUT2D eigenvalue weighted by Gasteiger charge is 2.41. The molecule has 1 aliphatic rings. The van der Waals surface area contributed by atoms with Gasteiger partial charge in [-0.05, 0) is 29.2 Å². The van der Waals surface area contributed by atoms with Crippen molar-refractivity contribution < 1.29 is 41.4 Å². The van der Waals surface area contributed by atoms with Gasteiger partial charge in [0.25, 0.3) is 5.91 Å². The van der Waals surface area contributed by atoms with E-state index in [1.54, 1.807) is 18.2 Å². The van der Waals surface area contributed by atoms with Crippen molar-refractivity contribution in [3.8, 4) is 0 Å². The number of amides is 2. The van der Waals surface area contributed by atoms with Crippen LogP contribution < -0.4 is 11.1 Å². The summed E-state index contributed by atoms with van der Waals surface area (Å²) in [7, 11) is 0. The number of nitrogens with zero attached hydrogens (tertiary/aromatic N) is 1.